The van der Waals surface area contributed by atoms with Crippen molar-refractivity contribution in [3.63, 3.8) is 0 Å². The number of hydrogen-bond acceptors (Lipinski definition) is 5. The molecule has 2 aromatic heterocycles. The van der Waals surface area contributed by atoms with Crippen molar-refractivity contribution in [3.8, 4) is 0 Å². The molecule has 1 aromatic carbocycles. The number of hydrogen-bond donors (Lipinski definition) is 1. The van der Waals surface area contributed by atoms with E-state index in [1.165, 1.54) is 18.1 Å². The zero-order valence-corrected chi connectivity index (χ0v) is 12.6. The van der Waals surface area contributed by atoms with Crippen molar-refractivity contribution in [1.82, 2.24) is 19.9 Å². The molecule has 0 atom stereocenters. The summed E-state index contributed by atoms with van der Waals surface area (Å²) in [4.78, 5) is 27.5. The number of benzene rings is 1. The minimum atomic E-state index is 0.0498. The first-order chi connectivity index (χ1) is 9.75. The van der Waals surface area contributed by atoms with Crippen molar-refractivity contribution in [1.29, 1.82) is 0 Å². The van der Waals surface area contributed by atoms with Gasteiger partial charge in [0.05, 0.1) is 12.1 Å². The van der Waals surface area contributed by atoms with Gasteiger partial charge in [-0.05, 0) is 6.07 Å². The van der Waals surface area contributed by atoms with Crippen LogP contribution in [0.15, 0.2) is 46.4 Å². The summed E-state index contributed by atoms with van der Waals surface area (Å²) in [5.41, 5.74) is 2.04. The van der Waals surface area contributed by atoms with Crippen LogP contribution in [0, 0.1) is 0 Å². The van der Waals surface area contributed by atoms with Crippen LogP contribution in [0.1, 0.15) is 10.4 Å². The summed E-state index contributed by atoms with van der Waals surface area (Å²) in [6, 6.07) is 7.39. The monoisotopic (exact) mass is 348 g/mol. The van der Waals surface area contributed by atoms with Crippen LogP contribution in [0.25, 0.3) is 11.2 Å². The van der Waals surface area contributed by atoms with Crippen LogP contribution in [0.2, 0.25) is 0 Å². The lowest BCUT2D eigenvalue weighted by Crippen LogP contribution is -2.03. The minimum absolute atomic E-state index is 0.0498. The molecule has 3 aromatic rings. The molecule has 5 nitrogen and oxygen atoms in total. The molecule has 0 radical (unpaired) electrons. The standard InChI is InChI=1S/C13H9BrN4OS/c14-9-4-2-1-3-8(9)10(19)5-20-13-11-12(16-6-15-11)17-7-18-13/h1-4,6-7H,5H2,(H,15,16,17,18). The van der Waals surface area contributed by atoms with E-state index in [-0.39, 0.29) is 5.78 Å². The lowest BCUT2D eigenvalue weighted by Gasteiger charge is -2.03. The van der Waals surface area contributed by atoms with Crippen molar-refractivity contribution >= 4 is 44.6 Å². The molecule has 0 aliphatic carbocycles. The number of halogens is 1. The van der Waals surface area contributed by atoms with Crippen LogP contribution >= 0.6 is 27.7 Å². The Morgan fingerprint density at radius 2 is 2.10 bits per heavy atom. The Labute approximate surface area is 127 Å². The lowest BCUT2D eigenvalue weighted by atomic mass is 10.1. The molecule has 0 saturated carbocycles. The topological polar surface area (TPSA) is 71.5 Å². The highest BCUT2D eigenvalue weighted by atomic mass is 79.9. The van der Waals surface area contributed by atoms with Gasteiger partial charge in [-0.25, -0.2) is 15.0 Å². The second-order valence-corrected chi connectivity index (χ2v) is 5.79. The maximum absolute atomic E-state index is 12.2. The highest BCUT2D eigenvalue weighted by Crippen LogP contribution is 2.24. The number of carbonyl (C=O) groups excluding carboxylic acids is 1. The predicted octanol–water partition coefficient (Wildman–Crippen LogP) is 3.09. The number of carbonyl (C=O) groups is 1. The average Bonchev–Trinajstić information content (AvgIpc) is 2.94. The van der Waals surface area contributed by atoms with Crippen LogP contribution in [0.3, 0.4) is 0 Å². The van der Waals surface area contributed by atoms with E-state index >= 15 is 0 Å². The maximum Gasteiger partial charge on any atom is 0.181 e. The van der Waals surface area contributed by atoms with E-state index in [1.54, 1.807) is 12.4 Å². The normalized spacial score (nSPS) is 10.8. The SMILES string of the molecule is O=C(CSc1ncnc2nc[nH]c12)c1ccccc1Br. The van der Waals surface area contributed by atoms with Gasteiger partial charge in [0.2, 0.25) is 0 Å². The van der Waals surface area contributed by atoms with Gasteiger partial charge in [-0.3, -0.25) is 4.79 Å². The summed E-state index contributed by atoms with van der Waals surface area (Å²) < 4.78 is 0.806. The fraction of sp³-hybridized carbons (Fsp3) is 0.0769. The summed E-state index contributed by atoms with van der Waals surface area (Å²) in [7, 11) is 0. The third-order valence-electron chi connectivity index (χ3n) is 2.70. The number of Topliss-reactive ketones (excluding diaryl/α,β-unsaturated/α-hetero) is 1. The molecule has 0 aliphatic heterocycles. The van der Waals surface area contributed by atoms with Crippen LogP contribution in [0.4, 0.5) is 0 Å². The second kappa shape index (κ2) is 5.72. The van der Waals surface area contributed by atoms with Gasteiger partial charge in [0.1, 0.15) is 16.9 Å². The van der Waals surface area contributed by atoms with E-state index in [2.05, 4.69) is 35.9 Å². The van der Waals surface area contributed by atoms with Gasteiger partial charge in [0.25, 0.3) is 0 Å². The third kappa shape index (κ3) is 2.59. The Morgan fingerprint density at radius 1 is 1.25 bits per heavy atom. The van der Waals surface area contributed by atoms with Gasteiger partial charge >= 0.3 is 0 Å². The first-order valence-electron chi connectivity index (χ1n) is 5.80. The van der Waals surface area contributed by atoms with E-state index in [9.17, 15) is 4.79 Å². The van der Waals surface area contributed by atoms with E-state index in [0.29, 0.717) is 17.0 Å². The molecule has 0 aliphatic rings. The summed E-state index contributed by atoms with van der Waals surface area (Å²) in [5, 5.41) is 0.730. The Bertz CT molecular complexity index is 774. The van der Waals surface area contributed by atoms with Crippen LogP contribution in [-0.4, -0.2) is 31.5 Å². The number of H-pyrrole nitrogens is 1. The Kier molecular flexibility index (Phi) is 3.79. The fourth-order valence-electron chi connectivity index (χ4n) is 1.75. The van der Waals surface area contributed by atoms with Gasteiger partial charge in [-0.1, -0.05) is 45.9 Å². The number of rotatable bonds is 4. The van der Waals surface area contributed by atoms with Crippen LogP contribution in [-0.2, 0) is 0 Å². The molecule has 0 bridgehead atoms. The van der Waals surface area contributed by atoms with Gasteiger partial charge < -0.3 is 4.98 Å². The van der Waals surface area contributed by atoms with Gasteiger partial charge in [-0.15, -0.1) is 0 Å². The molecule has 100 valence electrons. The molecular formula is C13H9BrN4OS. The number of aromatic amines is 1. The predicted molar refractivity (Wildman–Crippen MR) is 80.9 cm³/mol. The van der Waals surface area contributed by atoms with Crippen LogP contribution < -0.4 is 0 Å². The van der Waals surface area contributed by atoms with Crippen molar-refractivity contribution in [2.45, 2.75) is 5.03 Å². The first-order valence-corrected chi connectivity index (χ1v) is 7.58. The average molecular weight is 349 g/mol. The second-order valence-electron chi connectivity index (χ2n) is 3.97. The number of ketones is 1. The number of aromatic nitrogens is 4. The lowest BCUT2D eigenvalue weighted by molar-refractivity contribution is 0.102. The fourth-order valence-corrected chi connectivity index (χ4v) is 3.10. The van der Waals surface area contributed by atoms with Crippen molar-refractivity contribution in [3.05, 3.63) is 47.0 Å². The summed E-state index contributed by atoms with van der Waals surface area (Å²) in [6.45, 7) is 0. The molecular weight excluding hydrogens is 340 g/mol. The number of nitrogens with one attached hydrogen (secondary N) is 1. The molecule has 0 fully saturated rings. The van der Waals surface area contributed by atoms with Crippen molar-refractivity contribution < 1.29 is 4.79 Å². The summed E-state index contributed by atoms with van der Waals surface area (Å²) >= 11 is 4.76. The van der Waals surface area contributed by atoms with E-state index < -0.39 is 0 Å². The molecule has 2 heterocycles. The van der Waals surface area contributed by atoms with Crippen molar-refractivity contribution in [2.24, 2.45) is 0 Å². The zero-order chi connectivity index (χ0) is 13.9. The number of nitrogens with zero attached hydrogens (tertiary/aromatic N) is 3. The van der Waals surface area contributed by atoms with E-state index in [4.69, 9.17) is 0 Å². The number of fused-ring (bicyclic) bond motifs is 1. The van der Waals surface area contributed by atoms with Gasteiger partial charge in [-0.2, -0.15) is 0 Å². The largest absolute Gasteiger partial charge is 0.341 e. The summed E-state index contributed by atoms with van der Waals surface area (Å²) in [6.07, 6.45) is 3.02. The molecule has 0 saturated heterocycles. The molecule has 3 rings (SSSR count). The summed E-state index contributed by atoms with van der Waals surface area (Å²) in [5.74, 6) is 0.363. The molecule has 0 spiro atoms. The number of thioether (sulfide) groups is 1. The maximum atomic E-state index is 12.2. The number of imidazole rings is 1. The molecule has 0 unspecified atom stereocenters. The van der Waals surface area contributed by atoms with Crippen LogP contribution in [0.5, 0.6) is 0 Å². The highest BCUT2D eigenvalue weighted by Gasteiger charge is 2.12. The first kappa shape index (κ1) is 13.3. The smallest absolute Gasteiger partial charge is 0.181 e. The molecule has 20 heavy (non-hydrogen) atoms. The Morgan fingerprint density at radius 3 is 2.95 bits per heavy atom. The Hall–Kier alpha value is -1.73. The van der Waals surface area contributed by atoms with Crippen molar-refractivity contribution in [2.75, 3.05) is 5.75 Å². The molecule has 0 amide bonds. The molecule has 1 N–H and O–H groups in total. The zero-order valence-electron chi connectivity index (χ0n) is 10.2. The van der Waals surface area contributed by atoms with E-state index in [1.807, 2.05) is 18.2 Å². The van der Waals surface area contributed by atoms with Gasteiger partial charge in [0, 0.05) is 10.0 Å². The Balaban J connectivity index is 1.78. The highest BCUT2D eigenvalue weighted by molar-refractivity contribution is 9.10. The van der Waals surface area contributed by atoms with E-state index in [0.717, 1.165) is 15.0 Å². The minimum Gasteiger partial charge on any atom is -0.341 e. The van der Waals surface area contributed by atoms with Gasteiger partial charge in [0.15, 0.2) is 11.4 Å². The molecule has 7 heteroatoms. The third-order valence-corrected chi connectivity index (χ3v) is 4.38. The quantitative estimate of drug-likeness (QED) is 0.445.